The van der Waals surface area contributed by atoms with Gasteiger partial charge in [-0.25, -0.2) is 0 Å². The van der Waals surface area contributed by atoms with E-state index in [-0.39, 0.29) is 0 Å². The molecule has 0 aliphatic carbocycles. The van der Waals surface area contributed by atoms with Crippen LogP contribution in [0.3, 0.4) is 0 Å². The second-order valence-corrected chi connectivity index (χ2v) is 2.56. The zero-order chi connectivity index (χ0) is 7.44. The van der Waals surface area contributed by atoms with E-state index < -0.39 is 0 Å². The van der Waals surface area contributed by atoms with E-state index in [0.717, 1.165) is 5.57 Å². The Morgan fingerprint density at radius 2 is 1.78 bits per heavy atom. The molecule has 1 nitrogen and oxygen atoms in total. The molecule has 0 rings (SSSR count). The van der Waals surface area contributed by atoms with Crippen LogP contribution in [0.1, 0.15) is 13.8 Å². The van der Waals surface area contributed by atoms with E-state index in [1.165, 1.54) is 5.57 Å². The molecular weight excluding hydrogens is 110 g/mol. The SMILES string of the molecule is C=C(C)/C(C)=C\N(C)C. The van der Waals surface area contributed by atoms with Crippen molar-refractivity contribution in [3.05, 3.63) is 23.9 Å². The molecule has 0 aromatic carbocycles. The summed E-state index contributed by atoms with van der Waals surface area (Å²) >= 11 is 0. The highest BCUT2D eigenvalue weighted by atomic mass is 15.0. The molecule has 0 amide bonds. The summed E-state index contributed by atoms with van der Waals surface area (Å²) < 4.78 is 0. The van der Waals surface area contributed by atoms with Crippen LogP contribution in [0.4, 0.5) is 0 Å². The van der Waals surface area contributed by atoms with E-state index in [1.807, 2.05) is 25.9 Å². The molecule has 0 saturated heterocycles. The summed E-state index contributed by atoms with van der Waals surface area (Å²) in [4.78, 5) is 2.02. The molecule has 0 aromatic rings. The van der Waals surface area contributed by atoms with Crippen LogP contribution in [0.2, 0.25) is 0 Å². The lowest BCUT2D eigenvalue weighted by Crippen LogP contribution is -2.01. The molecule has 0 spiro atoms. The van der Waals surface area contributed by atoms with Gasteiger partial charge in [0.25, 0.3) is 0 Å². The van der Waals surface area contributed by atoms with Crippen molar-refractivity contribution in [3.8, 4) is 0 Å². The van der Waals surface area contributed by atoms with Gasteiger partial charge in [0, 0.05) is 20.3 Å². The van der Waals surface area contributed by atoms with Crippen LogP contribution in [0.15, 0.2) is 23.9 Å². The Bertz CT molecular complexity index is 132. The highest BCUT2D eigenvalue weighted by Gasteiger charge is 1.87. The van der Waals surface area contributed by atoms with Crippen molar-refractivity contribution < 1.29 is 0 Å². The summed E-state index contributed by atoms with van der Waals surface area (Å²) in [6, 6.07) is 0. The monoisotopic (exact) mass is 125 g/mol. The van der Waals surface area contributed by atoms with Gasteiger partial charge in [0.1, 0.15) is 0 Å². The van der Waals surface area contributed by atoms with Crippen molar-refractivity contribution in [1.29, 1.82) is 0 Å². The molecule has 0 aliphatic rings. The van der Waals surface area contributed by atoms with Crippen molar-refractivity contribution in [2.75, 3.05) is 14.1 Å². The first-order chi connectivity index (χ1) is 4.04. The van der Waals surface area contributed by atoms with Crippen molar-refractivity contribution in [1.82, 2.24) is 4.90 Å². The fourth-order valence-corrected chi connectivity index (χ4v) is 0.497. The molecular formula is C8H15N. The maximum absolute atomic E-state index is 3.81. The Balaban J connectivity index is 4.00. The standard InChI is InChI=1S/C8H15N/c1-7(2)8(3)6-9(4)5/h6H,1H2,2-5H3/b8-6-. The van der Waals surface area contributed by atoms with E-state index >= 15 is 0 Å². The van der Waals surface area contributed by atoms with E-state index in [1.54, 1.807) is 0 Å². The third-order valence-electron chi connectivity index (χ3n) is 1.13. The van der Waals surface area contributed by atoms with Gasteiger partial charge in [-0.1, -0.05) is 12.2 Å². The van der Waals surface area contributed by atoms with Crippen molar-refractivity contribution in [2.45, 2.75) is 13.8 Å². The fraction of sp³-hybridized carbons (Fsp3) is 0.500. The first-order valence-electron chi connectivity index (χ1n) is 3.04. The fourth-order valence-electron chi connectivity index (χ4n) is 0.497. The minimum absolute atomic E-state index is 1.13. The predicted molar refractivity (Wildman–Crippen MR) is 42.3 cm³/mol. The molecule has 0 radical (unpaired) electrons. The summed E-state index contributed by atoms with van der Waals surface area (Å²) in [5, 5.41) is 0. The van der Waals surface area contributed by atoms with E-state index in [4.69, 9.17) is 0 Å². The first-order valence-corrected chi connectivity index (χ1v) is 3.04. The summed E-state index contributed by atoms with van der Waals surface area (Å²) in [6.07, 6.45) is 2.06. The van der Waals surface area contributed by atoms with Gasteiger partial charge in [0.15, 0.2) is 0 Å². The first kappa shape index (κ1) is 8.28. The Morgan fingerprint density at radius 3 is 1.89 bits per heavy atom. The second-order valence-electron chi connectivity index (χ2n) is 2.56. The van der Waals surface area contributed by atoms with Crippen LogP contribution in [0.5, 0.6) is 0 Å². The highest BCUT2D eigenvalue weighted by molar-refractivity contribution is 5.22. The number of nitrogens with zero attached hydrogens (tertiary/aromatic N) is 1. The zero-order valence-electron chi connectivity index (χ0n) is 6.73. The van der Waals surface area contributed by atoms with Crippen LogP contribution in [-0.2, 0) is 0 Å². The number of allylic oxidation sites excluding steroid dienone is 2. The third-order valence-corrected chi connectivity index (χ3v) is 1.13. The van der Waals surface area contributed by atoms with Crippen LogP contribution in [-0.4, -0.2) is 19.0 Å². The van der Waals surface area contributed by atoms with Gasteiger partial charge in [0.2, 0.25) is 0 Å². The second kappa shape index (κ2) is 3.33. The zero-order valence-corrected chi connectivity index (χ0v) is 6.73. The van der Waals surface area contributed by atoms with Gasteiger partial charge in [0.05, 0.1) is 0 Å². The smallest absolute Gasteiger partial charge is 0.00557 e. The van der Waals surface area contributed by atoms with Crippen LogP contribution >= 0.6 is 0 Å². The molecule has 0 saturated carbocycles. The summed E-state index contributed by atoms with van der Waals surface area (Å²) in [5.41, 5.74) is 2.36. The van der Waals surface area contributed by atoms with Gasteiger partial charge < -0.3 is 4.90 Å². The van der Waals surface area contributed by atoms with Crippen LogP contribution in [0, 0.1) is 0 Å². The van der Waals surface area contributed by atoms with Gasteiger partial charge in [-0.3, -0.25) is 0 Å². The van der Waals surface area contributed by atoms with Gasteiger partial charge in [-0.2, -0.15) is 0 Å². The van der Waals surface area contributed by atoms with E-state index in [2.05, 4.69) is 19.7 Å². The third kappa shape index (κ3) is 3.83. The Kier molecular flexibility index (Phi) is 3.07. The molecule has 0 aromatic heterocycles. The largest absolute Gasteiger partial charge is 0.383 e. The van der Waals surface area contributed by atoms with Gasteiger partial charge in [-0.15, -0.1) is 0 Å². The quantitative estimate of drug-likeness (QED) is 0.510. The Hall–Kier alpha value is -0.720. The molecule has 0 aliphatic heterocycles. The maximum atomic E-state index is 3.81. The molecule has 0 fully saturated rings. The molecule has 0 atom stereocenters. The van der Waals surface area contributed by atoms with Crippen molar-refractivity contribution in [3.63, 3.8) is 0 Å². The average Bonchev–Trinajstić information content (AvgIpc) is 1.63. The summed E-state index contributed by atoms with van der Waals surface area (Å²) in [6.45, 7) is 7.88. The summed E-state index contributed by atoms with van der Waals surface area (Å²) in [5.74, 6) is 0. The lowest BCUT2D eigenvalue weighted by Gasteiger charge is -2.06. The molecule has 9 heavy (non-hydrogen) atoms. The summed E-state index contributed by atoms with van der Waals surface area (Å²) in [7, 11) is 4.01. The van der Waals surface area contributed by atoms with Crippen molar-refractivity contribution in [2.24, 2.45) is 0 Å². The maximum Gasteiger partial charge on any atom is 0.00557 e. The molecule has 0 heterocycles. The minimum Gasteiger partial charge on any atom is -0.383 e. The minimum atomic E-state index is 1.13. The predicted octanol–water partition coefficient (Wildman–Crippen LogP) is 2.03. The lowest BCUT2D eigenvalue weighted by molar-refractivity contribution is 0.559. The molecule has 0 N–H and O–H groups in total. The molecule has 1 heteroatoms. The van der Waals surface area contributed by atoms with E-state index in [9.17, 15) is 0 Å². The normalized spacial score (nSPS) is 11.3. The number of rotatable bonds is 2. The van der Waals surface area contributed by atoms with Gasteiger partial charge in [-0.05, 0) is 19.4 Å². The highest BCUT2D eigenvalue weighted by Crippen LogP contribution is 2.04. The van der Waals surface area contributed by atoms with Gasteiger partial charge >= 0.3 is 0 Å². The average molecular weight is 125 g/mol. The molecule has 0 unspecified atom stereocenters. The lowest BCUT2D eigenvalue weighted by atomic mass is 10.2. The Morgan fingerprint density at radius 1 is 1.33 bits per heavy atom. The van der Waals surface area contributed by atoms with Crippen molar-refractivity contribution >= 4 is 0 Å². The van der Waals surface area contributed by atoms with Crippen LogP contribution in [0.25, 0.3) is 0 Å². The van der Waals surface area contributed by atoms with E-state index in [0.29, 0.717) is 0 Å². The van der Waals surface area contributed by atoms with Crippen LogP contribution < -0.4 is 0 Å². The molecule has 0 bridgehead atoms. The number of hydrogen-bond acceptors (Lipinski definition) is 1. The topological polar surface area (TPSA) is 3.24 Å². The number of hydrogen-bond donors (Lipinski definition) is 0. The molecule has 52 valence electrons. The Labute approximate surface area is 57.7 Å².